The third-order valence-corrected chi connectivity index (χ3v) is 3.14. The van der Waals surface area contributed by atoms with Crippen LogP contribution in [0.3, 0.4) is 0 Å². The predicted octanol–water partition coefficient (Wildman–Crippen LogP) is 3.59. The van der Waals surface area contributed by atoms with Gasteiger partial charge in [0.1, 0.15) is 18.2 Å². The molecule has 0 spiro atoms. The second-order valence-electron chi connectivity index (χ2n) is 3.57. The van der Waals surface area contributed by atoms with Crippen molar-refractivity contribution in [1.82, 2.24) is 0 Å². The number of hydrogen-bond acceptors (Lipinski definition) is 2. The number of ether oxygens (including phenoxy) is 1. The summed E-state index contributed by atoms with van der Waals surface area (Å²) in [7, 11) is 0. The van der Waals surface area contributed by atoms with E-state index in [0.29, 0.717) is 17.0 Å². The quantitative estimate of drug-likeness (QED) is 0.683. The van der Waals surface area contributed by atoms with Crippen LogP contribution in [-0.4, -0.2) is 0 Å². The van der Waals surface area contributed by atoms with Gasteiger partial charge in [0.05, 0.1) is 3.57 Å². The van der Waals surface area contributed by atoms with Crippen LogP contribution in [0.25, 0.3) is 0 Å². The largest absolute Gasteiger partial charge is 0.488 e. The van der Waals surface area contributed by atoms with Crippen molar-refractivity contribution in [2.75, 3.05) is 5.73 Å². The number of anilines is 1. The lowest BCUT2D eigenvalue weighted by atomic mass is 10.2. The standard InChI is InChI=1S/C13H11FINO/c14-11-4-2-1-3-9(11)8-17-13-6-5-10(16)7-12(13)15/h1-7H,8,16H2. The normalized spacial score (nSPS) is 10.2. The molecule has 0 amide bonds. The smallest absolute Gasteiger partial charge is 0.133 e. The van der Waals surface area contributed by atoms with E-state index in [9.17, 15) is 4.39 Å². The highest BCUT2D eigenvalue weighted by molar-refractivity contribution is 14.1. The number of halogens is 2. The van der Waals surface area contributed by atoms with E-state index in [4.69, 9.17) is 10.5 Å². The highest BCUT2D eigenvalue weighted by atomic mass is 127. The van der Waals surface area contributed by atoms with E-state index in [-0.39, 0.29) is 12.4 Å². The minimum absolute atomic E-state index is 0.215. The summed E-state index contributed by atoms with van der Waals surface area (Å²) in [5, 5.41) is 0. The second-order valence-corrected chi connectivity index (χ2v) is 4.73. The van der Waals surface area contributed by atoms with Gasteiger partial charge in [0, 0.05) is 11.3 Å². The molecule has 0 bridgehead atoms. The SMILES string of the molecule is Nc1ccc(OCc2ccccc2F)c(I)c1. The van der Waals surface area contributed by atoms with Crippen molar-refractivity contribution in [3.8, 4) is 5.75 Å². The van der Waals surface area contributed by atoms with Crippen molar-refractivity contribution in [2.45, 2.75) is 6.61 Å². The third-order valence-electron chi connectivity index (χ3n) is 2.30. The monoisotopic (exact) mass is 343 g/mol. The second kappa shape index (κ2) is 5.35. The van der Waals surface area contributed by atoms with Gasteiger partial charge in [0.25, 0.3) is 0 Å². The first-order chi connectivity index (χ1) is 8.16. The molecule has 88 valence electrons. The van der Waals surface area contributed by atoms with Gasteiger partial charge in [-0.05, 0) is 46.9 Å². The topological polar surface area (TPSA) is 35.2 Å². The van der Waals surface area contributed by atoms with Crippen molar-refractivity contribution in [1.29, 1.82) is 0 Å². The zero-order chi connectivity index (χ0) is 12.3. The van der Waals surface area contributed by atoms with Crippen LogP contribution in [0.1, 0.15) is 5.56 Å². The van der Waals surface area contributed by atoms with E-state index in [1.807, 2.05) is 6.07 Å². The summed E-state index contributed by atoms with van der Waals surface area (Å²) in [6.45, 7) is 0.215. The Hall–Kier alpha value is -1.30. The lowest BCUT2D eigenvalue weighted by Gasteiger charge is -2.09. The van der Waals surface area contributed by atoms with Gasteiger partial charge in [0.2, 0.25) is 0 Å². The fraction of sp³-hybridized carbons (Fsp3) is 0.0769. The summed E-state index contributed by atoms with van der Waals surface area (Å²) in [4.78, 5) is 0. The molecule has 4 heteroatoms. The molecule has 0 saturated heterocycles. The molecular weight excluding hydrogens is 332 g/mol. The summed E-state index contributed by atoms with van der Waals surface area (Å²) in [6, 6.07) is 11.9. The maximum Gasteiger partial charge on any atom is 0.133 e. The Balaban J connectivity index is 2.10. The number of rotatable bonds is 3. The molecule has 0 aliphatic carbocycles. The van der Waals surface area contributed by atoms with Gasteiger partial charge >= 0.3 is 0 Å². The lowest BCUT2D eigenvalue weighted by Crippen LogP contribution is -1.99. The first-order valence-corrected chi connectivity index (χ1v) is 6.16. The molecule has 2 rings (SSSR count). The summed E-state index contributed by atoms with van der Waals surface area (Å²) in [6.07, 6.45) is 0. The Morgan fingerprint density at radius 2 is 1.94 bits per heavy atom. The molecule has 17 heavy (non-hydrogen) atoms. The Labute approximate surface area is 113 Å². The van der Waals surface area contributed by atoms with E-state index in [1.54, 1.807) is 30.3 Å². The van der Waals surface area contributed by atoms with Gasteiger partial charge in [-0.2, -0.15) is 0 Å². The predicted molar refractivity (Wildman–Crippen MR) is 74.3 cm³/mol. The van der Waals surface area contributed by atoms with Gasteiger partial charge < -0.3 is 10.5 Å². The zero-order valence-corrected chi connectivity index (χ0v) is 11.1. The summed E-state index contributed by atoms with van der Waals surface area (Å²) < 4.78 is 19.8. The van der Waals surface area contributed by atoms with Crippen LogP contribution in [0, 0.1) is 9.39 Å². The number of hydrogen-bond donors (Lipinski definition) is 1. The first kappa shape index (κ1) is 12.2. The van der Waals surface area contributed by atoms with Crippen molar-refractivity contribution in [3.63, 3.8) is 0 Å². The Morgan fingerprint density at radius 3 is 2.65 bits per heavy atom. The highest BCUT2D eigenvalue weighted by Crippen LogP contribution is 2.24. The van der Waals surface area contributed by atoms with Gasteiger partial charge in [-0.15, -0.1) is 0 Å². The van der Waals surface area contributed by atoms with Crippen molar-refractivity contribution in [3.05, 3.63) is 57.4 Å². The van der Waals surface area contributed by atoms with Crippen LogP contribution in [0.15, 0.2) is 42.5 Å². The summed E-state index contributed by atoms with van der Waals surface area (Å²) >= 11 is 2.14. The van der Waals surface area contributed by atoms with Crippen LogP contribution in [0.4, 0.5) is 10.1 Å². The van der Waals surface area contributed by atoms with Crippen molar-refractivity contribution in [2.24, 2.45) is 0 Å². The van der Waals surface area contributed by atoms with E-state index in [1.165, 1.54) is 6.07 Å². The third kappa shape index (κ3) is 3.09. The van der Waals surface area contributed by atoms with Crippen molar-refractivity contribution < 1.29 is 9.13 Å². The van der Waals surface area contributed by atoms with Crippen LogP contribution >= 0.6 is 22.6 Å². The Bertz CT molecular complexity index is 531. The molecule has 2 aromatic rings. The van der Waals surface area contributed by atoms with Crippen LogP contribution < -0.4 is 10.5 Å². The molecule has 0 aromatic heterocycles. The maximum absolute atomic E-state index is 13.4. The first-order valence-electron chi connectivity index (χ1n) is 5.08. The van der Waals surface area contributed by atoms with Crippen LogP contribution in [-0.2, 0) is 6.61 Å². The summed E-state index contributed by atoms with van der Waals surface area (Å²) in [5.41, 5.74) is 6.87. The van der Waals surface area contributed by atoms with Gasteiger partial charge in [-0.1, -0.05) is 18.2 Å². The zero-order valence-electron chi connectivity index (χ0n) is 8.99. The van der Waals surface area contributed by atoms with Gasteiger partial charge in [-0.3, -0.25) is 0 Å². The number of nitrogen functional groups attached to an aromatic ring is 1. The van der Waals surface area contributed by atoms with Crippen molar-refractivity contribution >= 4 is 28.3 Å². The van der Waals surface area contributed by atoms with E-state index in [0.717, 1.165) is 3.57 Å². The molecular formula is C13H11FINO. The maximum atomic E-state index is 13.4. The fourth-order valence-electron chi connectivity index (χ4n) is 1.41. The molecule has 0 saturated carbocycles. The fourth-order valence-corrected chi connectivity index (χ4v) is 2.10. The highest BCUT2D eigenvalue weighted by Gasteiger charge is 2.04. The molecule has 0 aliphatic rings. The number of nitrogens with two attached hydrogens (primary N) is 1. The average molecular weight is 343 g/mol. The van der Waals surface area contributed by atoms with Gasteiger partial charge in [0.15, 0.2) is 0 Å². The Morgan fingerprint density at radius 1 is 1.18 bits per heavy atom. The molecule has 0 fully saturated rings. The minimum atomic E-state index is -0.252. The average Bonchev–Trinajstić information content (AvgIpc) is 2.30. The van der Waals surface area contributed by atoms with Gasteiger partial charge in [-0.25, -0.2) is 4.39 Å². The molecule has 0 atom stereocenters. The molecule has 2 nitrogen and oxygen atoms in total. The van der Waals surface area contributed by atoms with E-state index < -0.39 is 0 Å². The van der Waals surface area contributed by atoms with E-state index in [2.05, 4.69) is 22.6 Å². The van der Waals surface area contributed by atoms with Crippen LogP contribution in [0.2, 0.25) is 0 Å². The molecule has 0 radical (unpaired) electrons. The minimum Gasteiger partial charge on any atom is -0.488 e. The molecule has 0 aliphatic heterocycles. The molecule has 0 heterocycles. The van der Waals surface area contributed by atoms with Crippen LogP contribution in [0.5, 0.6) is 5.75 Å². The van der Waals surface area contributed by atoms with E-state index >= 15 is 0 Å². The Kier molecular flexibility index (Phi) is 3.83. The number of benzene rings is 2. The lowest BCUT2D eigenvalue weighted by molar-refractivity contribution is 0.298. The molecule has 0 unspecified atom stereocenters. The molecule has 2 aromatic carbocycles. The summed E-state index contributed by atoms with van der Waals surface area (Å²) in [5.74, 6) is 0.459. The molecule has 2 N–H and O–H groups in total.